The number of alkyl halides is 1. The smallest absolute Gasteiger partial charge is 0.323 e. The molecule has 1 atom stereocenters. The molecule has 0 aliphatic heterocycles. The standard InChI is InChI=1S/C6H10BrNO3/c1-11-6(10)5(8)2-4(9)3-7/h5H,2-3,8H2,1H3/t5-/m1/s1. The maximum atomic E-state index is 10.7. The molecule has 11 heavy (non-hydrogen) atoms. The molecule has 2 N–H and O–H groups in total. The first kappa shape index (κ1) is 10.6. The summed E-state index contributed by atoms with van der Waals surface area (Å²) >= 11 is 2.96. The first-order valence-corrected chi connectivity index (χ1v) is 4.15. The van der Waals surface area contributed by atoms with E-state index in [0.717, 1.165) is 0 Å². The highest BCUT2D eigenvalue weighted by molar-refractivity contribution is 9.09. The average molecular weight is 224 g/mol. The van der Waals surface area contributed by atoms with Crippen molar-refractivity contribution < 1.29 is 14.3 Å². The first-order valence-electron chi connectivity index (χ1n) is 3.03. The molecule has 0 aromatic rings. The third-order valence-corrected chi connectivity index (χ3v) is 1.73. The van der Waals surface area contributed by atoms with Crippen molar-refractivity contribution in [3.63, 3.8) is 0 Å². The molecular weight excluding hydrogens is 214 g/mol. The van der Waals surface area contributed by atoms with Crippen LogP contribution in [0.2, 0.25) is 0 Å². The summed E-state index contributed by atoms with van der Waals surface area (Å²) in [6, 6.07) is -0.829. The summed E-state index contributed by atoms with van der Waals surface area (Å²) in [6.45, 7) is 0. The van der Waals surface area contributed by atoms with E-state index in [0.29, 0.717) is 0 Å². The predicted molar refractivity (Wildman–Crippen MR) is 43.4 cm³/mol. The van der Waals surface area contributed by atoms with E-state index in [2.05, 4.69) is 20.7 Å². The van der Waals surface area contributed by atoms with E-state index in [1.54, 1.807) is 0 Å². The highest BCUT2D eigenvalue weighted by atomic mass is 79.9. The molecule has 0 aliphatic rings. The Morgan fingerprint density at radius 1 is 1.64 bits per heavy atom. The summed E-state index contributed by atoms with van der Waals surface area (Å²) in [5.41, 5.74) is 5.29. The van der Waals surface area contributed by atoms with Crippen molar-refractivity contribution >= 4 is 27.7 Å². The van der Waals surface area contributed by atoms with Crippen LogP contribution in [0, 0.1) is 0 Å². The van der Waals surface area contributed by atoms with Crippen molar-refractivity contribution in [1.29, 1.82) is 0 Å². The summed E-state index contributed by atoms with van der Waals surface area (Å²) in [6.07, 6.45) is 0.0257. The van der Waals surface area contributed by atoms with Gasteiger partial charge in [-0.25, -0.2) is 0 Å². The molecular formula is C6H10BrNO3. The Kier molecular flexibility index (Phi) is 5.06. The van der Waals surface area contributed by atoms with Crippen LogP contribution in [0.3, 0.4) is 0 Å². The van der Waals surface area contributed by atoms with E-state index >= 15 is 0 Å². The average Bonchev–Trinajstić information content (AvgIpc) is 2.02. The number of carbonyl (C=O) groups is 2. The van der Waals surface area contributed by atoms with Crippen LogP contribution in [0.1, 0.15) is 6.42 Å². The van der Waals surface area contributed by atoms with Gasteiger partial charge in [-0.15, -0.1) is 0 Å². The molecule has 0 bridgehead atoms. The van der Waals surface area contributed by atoms with Gasteiger partial charge in [-0.1, -0.05) is 15.9 Å². The third-order valence-electron chi connectivity index (χ3n) is 1.10. The number of nitrogens with two attached hydrogens (primary N) is 1. The molecule has 0 amide bonds. The minimum Gasteiger partial charge on any atom is -0.468 e. The Morgan fingerprint density at radius 3 is 2.55 bits per heavy atom. The zero-order chi connectivity index (χ0) is 8.85. The minimum absolute atomic E-state index is 0.0257. The molecule has 0 heterocycles. The third kappa shape index (κ3) is 4.10. The maximum Gasteiger partial charge on any atom is 0.323 e. The second kappa shape index (κ2) is 5.26. The number of ketones is 1. The fourth-order valence-electron chi connectivity index (χ4n) is 0.535. The maximum absolute atomic E-state index is 10.7. The van der Waals surface area contributed by atoms with Gasteiger partial charge in [0.15, 0.2) is 0 Å². The second-order valence-corrected chi connectivity index (χ2v) is 2.57. The van der Waals surface area contributed by atoms with Crippen LogP contribution in [0.4, 0.5) is 0 Å². The van der Waals surface area contributed by atoms with Gasteiger partial charge in [0.05, 0.1) is 12.4 Å². The Labute approximate surface area is 73.2 Å². The van der Waals surface area contributed by atoms with Crippen molar-refractivity contribution in [1.82, 2.24) is 0 Å². The van der Waals surface area contributed by atoms with Gasteiger partial charge >= 0.3 is 5.97 Å². The lowest BCUT2D eigenvalue weighted by Crippen LogP contribution is -2.34. The molecule has 0 unspecified atom stereocenters. The molecule has 0 radical (unpaired) electrons. The Morgan fingerprint density at radius 2 is 2.18 bits per heavy atom. The summed E-state index contributed by atoms with van der Waals surface area (Å²) in [5.74, 6) is -0.665. The summed E-state index contributed by atoms with van der Waals surface area (Å²) in [4.78, 5) is 21.4. The monoisotopic (exact) mass is 223 g/mol. The molecule has 0 saturated carbocycles. The van der Waals surface area contributed by atoms with Gasteiger partial charge in [0.2, 0.25) is 0 Å². The quantitative estimate of drug-likeness (QED) is 0.532. The molecule has 0 spiro atoms. The predicted octanol–water partition coefficient (Wildman–Crippen LogP) is -0.159. The highest BCUT2D eigenvalue weighted by Gasteiger charge is 2.16. The highest BCUT2D eigenvalue weighted by Crippen LogP contribution is 1.95. The number of hydrogen-bond acceptors (Lipinski definition) is 4. The van der Waals surface area contributed by atoms with Gasteiger partial charge in [-0.3, -0.25) is 9.59 Å². The van der Waals surface area contributed by atoms with Crippen molar-refractivity contribution in [2.45, 2.75) is 12.5 Å². The lowest BCUT2D eigenvalue weighted by atomic mass is 10.2. The fourth-order valence-corrected chi connectivity index (χ4v) is 0.763. The Bertz CT molecular complexity index is 160. The largest absolute Gasteiger partial charge is 0.468 e. The number of methoxy groups -OCH3 is 1. The first-order chi connectivity index (χ1) is 5.11. The van der Waals surface area contributed by atoms with Crippen LogP contribution in [0.15, 0.2) is 0 Å². The van der Waals surface area contributed by atoms with E-state index in [-0.39, 0.29) is 17.5 Å². The molecule has 0 aromatic heterocycles. The van der Waals surface area contributed by atoms with E-state index in [1.165, 1.54) is 7.11 Å². The van der Waals surface area contributed by atoms with Gasteiger partial charge in [-0.2, -0.15) is 0 Å². The fraction of sp³-hybridized carbons (Fsp3) is 0.667. The number of Topliss-reactive ketones (excluding diaryl/α,β-unsaturated/α-hetero) is 1. The van der Waals surface area contributed by atoms with Gasteiger partial charge < -0.3 is 10.5 Å². The number of rotatable bonds is 4. The summed E-state index contributed by atoms with van der Waals surface area (Å²) in [5, 5.41) is 0.220. The van der Waals surface area contributed by atoms with Crippen LogP contribution in [0.5, 0.6) is 0 Å². The minimum atomic E-state index is -0.829. The lowest BCUT2D eigenvalue weighted by Gasteiger charge is -2.05. The van der Waals surface area contributed by atoms with E-state index in [1.807, 2.05) is 0 Å². The van der Waals surface area contributed by atoms with Crippen molar-refractivity contribution in [2.75, 3.05) is 12.4 Å². The van der Waals surface area contributed by atoms with E-state index < -0.39 is 12.0 Å². The van der Waals surface area contributed by atoms with Crippen molar-refractivity contribution in [3.8, 4) is 0 Å². The Balaban J connectivity index is 3.77. The number of hydrogen-bond donors (Lipinski definition) is 1. The molecule has 0 saturated heterocycles. The van der Waals surface area contributed by atoms with Gasteiger partial charge in [0, 0.05) is 6.42 Å². The zero-order valence-corrected chi connectivity index (χ0v) is 7.76. The SMILES string of the molecule is COC(=O)[C@H](N)CC(=O)CBr. The lowest BCUT2D eigenvalue weighted by molar-refractivity contribution is -0.143. The van der Waals surface area contributed by atoms with Gasteiger partial charge in [0.1, 0.15) is 11.8 Å². The van der Waals surface area contributed by atoms with Gasteiger partial charge in [-0.05, 0) is 0 Å². The number of carbonyl (C=O) groups excluding carboxylic acids is 2. The van der Waals surface area contributed by atoms with Crippen molar-refractivity contribution in [2.24, 2.45) is 5.73 Å². The van der Waals surface area contributed by atoms with E-state index in [4.69, 9.17) is 5.73 Å². The Hall–Kier alpha value is -0.420. The molecule has 5 heteroatoms. The van der Waals surface area contributed by atoms with Crippen LogP contribution in [-0.2, 0) is 14.3 Å². The molecule has 0 aromatic carbocycles. The normalized spacial score (nSPS) is 12.3. The zero-order valence-electron chi connectivity index (χ0n) is 6.17. The van der Waals surface area contributed by atoms with Crippen LogP contribution < -0.4 is 5.73 Å². The molecule has 0 fully saturated rings. The summed E-state index contributed by atoms with van der Waals surface area (Å²) < 4.78 is 4.33. The molecule has 4 nitrogen and oxygen atoms in total. The van der Waals surface area contributed by atoms with Crippen LogP contribution >= 0.6 is 15.9 Å². The molecule has 0 rings (SSSR count). The number of esters is 1. The van der Waals surface area contributed by atoms with Crippen molar-refractivity contribution in [3.05, 3.63) is 0 Å². The van der Waals surface area contributed by atoms with Crippen LogP contribution in [0.25, 0.3) is 0 Å². The molecule has 64 valence electrons. The topological polar surface area (TPSA) is 69.4 Å². The number of halogens is 1. The van der Waals surface area contributed by atoms with Gasteiger partial charge in [0.25, 0.3) is 0 Å². The number of ether oxygens (including phenoxy) is 1. The van der Waals surface area contributed by atoms with E-state index in [9.17, 15) is 9.59 Å². The molecule has 0 aliphatic carbocycles. The second-order valence-electron chi connectivity index (χ2n) is 2.01. The van der Waals surface area contributed by atoms with Crippen LogP contribution in [-0.4, -0.2) is 30.2 Å². The summed E-state index contributed by atoms with van der Waals surface area (Å²) in [7, 11) is 1.24.